The lowest BCUT2D eigenvalue weighted by atomic mass is 9.92. The number of hydrogen-bond acceptors (Lipinski definition) is 10. The maximum absolute atomic E-state index is 17.4. The number of fused-ring (bicyclic) bond motifs is 4. The zero-order chi connectivity index (χ0) is 39.4. The third-order valence-corrected chi connectivity index (χ3v) is 12.6. The van der Waals surface area contributed by atoms with E-state index in [-0.39, 0.29) is 94.5 Å². The lowest BCUT2D eigenvalue weighted by molar-refractivity contribution is -0.137. The van der Waals surface area contributed by atoms with Gasteiger partial charge in [-0.25, -0.2) is 13.2 Å². The van der Waals surface area contributed by atoms with Crippen molar-refractivity contribution in [1.82, 2.24) is 29.5 Å². The van der Waals surface area contributed by atoms with Crippen molar-refractivity contribution in [2.75, 3.05) is 51.0 Å². The molecule has 56 heavy (non-hydrogen) atoms. The maximum Gasteiger partial charge on any atom is 0.417 e. The van der Waals surface area contributed by atoms with Gasteiger partial charge in [-0.3, -0.25) is 14.4 Å². The first-order valence-corrected chi connectivity index (χ1v) is 19.1. The molecule has 2 N–H and O–H groups in total. The van der Waals surface area contributed by atoms with Gasteiger partial charge in [-0.1, -0.05) is 6.07 Å². The van der Waals surface area contributed by atoms with Crippen LogP contribution >= 0.6 is 11.3 Å². The standard InChI is InChI=1S/C38H35F6N9O2S/c1-50(2)35(54)31-26(18-4-5-18)25-16-51(10-11-53(25)49-31)34-21-12-23(38(42,43)44)28(20-6-7-24(40)32-27(20)22(14-45)33(46)56-32)29(41)30(21)47-36(48-34)55-17-37-8-3-9-52(37)15-19(39)13-37/h6-7,12,18-19H,3-5,8-11,13,15-17,46H2,1-2H3. The van der Waals surface area contributed by atoms with Crippen LogP contribution in [0.25, 0.3) is 32.1 Å². The predicted molar refractivity (Wildman–Crippen MR) is 196 cm³/mol. The Bertz CT molecular complexity index is 2510. The van der Waals surface area contributed by atoms with Crippen molar-refractivity contribution in [2.24, 2.45) is 0 Å². The van der Waals surface area contributed by atoms with Gasteiger partial charge in [0.15, 0.2) is 11.5 Å². The zero-order valence-corrected chi connectivity index (χ0v) is 31.1. The number of benzene rings is 2. The van der Waals surface area contributed by atoms with E-state index in [1.807, 2.05) is 11.0 Å². The second kappa shape index (κ2) is 12.9. The van der Waals surface area contributed by atoms with E-state index in [0.717, 1.165) is 43.0 Å². The highest BCUT2D eigenvalue weighted by Crippen LogP contribution is 2.49. The highest BCUT2D eigenvalue weighted by molar-refractivity contribution is 7.23. The third kappa shape index (κ3) is 5.72. The second-order valence-electron chi connectivity index (χ2n) is 15.3. The first-order chi connectivity index (χ1) is 26.7. The molecule has 5 aromatic rings. The van der Waals surface area contributed by atoms with Crippen LogP contribution in [0.3, 0.4) is 0 Å². The Hall–Kier alpha value is -5.15. The number of nitrogen functional groups attached to an aromatic ring is 1. The van der Waals surface area contributed by atoms with E-state index in [0.29, 0.717) is 35.7 Å². The third-order valence-electron chi connectivity index (χ3n) is 11.5. The molecule has 0 spiro atoms. The first-order valence-electron chi connectivity index (χ1n) is 18.3. The van der Waals surface area contributed by atoms with Gasteiger partial charge < -0.3 is 20.3 Å². The molecule has 1 amide bonds. The SMILES string of the molecule is CN(C)C(=O)c1nn2c(c1C1CC1)CN(c1nc(OCC34CCCN3CC(F)C4)nc3c(F)c(-c4ccc(F)c5sc(N)c(C#N)c45)c(C(F)(F)F)cc13)CC2. The number of hydrogen-bond donors (Lipinski definition) is 1. The molecule has 2 aromatic carbocycles. The lowest BCUT2D eigenvalue weighted by Crippen LogP contribution is -2.43. The van der Waals surface area contributed by atoms with Gasteiger partial charge in [0.1, 0.15) is 41.0 Å². The van der Waals surface area contributed by atoms with E-state index in [2.05, 4.69) is 15.1 Å². The molecular weight excluding hydrogens is 761 g/mol. The van der Waals surface area contributed by atoms with Gasteiger partial charge in [-0.05, 0) is 55.8 Å². The van der Waals surface area contributed by atoms with Gasteiger partial charge in [0, 0.05) is 55.5 Å². The van der Waals surface area contributed by atoms with Gasteiger partial charge in [-0.2, -0.15) is 33.5 Å². The van der Waals surface area contributed by atoms with E-state index in [9.17, 15) is 14.4 Å². The summed E-state index contributed by atoms with van der Waals surface area (Å²) >= 11 is 0.681. The van der Waals surface area contributed by atoms with Crippen molar-refractivity contribution in [1.29, 1.82) is 5.26 Å². The van der Waals surface area contributed by atoms with Crippen LogP contribution in [-0.4, -0.2) is 87.5 Å². The number of alkyl halides is 4. The highest BCUT2D eigenvalue weighted by Gasteiger charge is 2.49. The topological polar surface area (TPSA) is 129 Å². The molecule has 292 valence electrons. The molecule has 1 saturated carbocycles. The van der Waals surface area contributed by atoms with Crippen molar-refractivity contribution in [3.63, 3.8) is 0 Å². The number of thiophene rings is 1. The normalized spacial score (nSPS) is 21.1. The number of halogens is 6. The molecule has 4 aliphatic rings. The quantitative estimate of drug-likeness (QED) is 0.173. The number of nitriles is 1. The number of rotatable bonds is 7. The lowest BCUT2D eigenvalue weighted by Gasteiger charge is -2.32. The van der Waals surface area contributed by atoms with Gasteiger partial charge >= 0.3 is 12.2 Å². The number of carbonyl (C=O) groups excluding carboxylic acids is 1. The van der Waals surface area contributed by atoms with Gasteiger partial charge in [-0.15, -0.1) is 11.3 Å². The van der Waals surface area contributed by atoms with E-state index < -0.39 is 46.2 Å². The number of aromatic nitrogens is 4. The summed E-state index contributed by atoms with van der Waals surface area (Å²) in [5.41, 5.74) is 3.70. The molecule has 6 heterocycles. The molecule has 3 aromatic heterocycles. The summed E-state index contributed by atoms with van der Waals surface area (Å²) in [4.78, 5) is 27.4. The summed E-state index contributed by atoms with van der Waals surface area (Å²) < 4.78 is 100. The highest BCUT2D eigenvalue weighted by atomic mass is 32.1. The van der Waals surface area contributed by atoms with E-state index in [4.69, 9.17) is 10.5 Å². The van der Waals surface area contributed by atoms with E-state index in [1.165, 1.54) is 4.90 Å². The van der Waals surface area contributed by atoms with Crippen LogP contribution in [0.5, 0.6) is 6.01 Å². The van der Waals surface area contributed by atoms with Crippen molar-refractivity contribution in [3.05, 3.63) is 57.9 Å². The minimum Gasteiger partial charge on any atom is -0.461 e. The minimum atomic E-state index is -5.14. The van der Waals surface area contributed by atoms with Gasteiger partial charge in [0.25, 0.3) is 5.91 Å². The Morgan fingerprint density at radius 3 is 2.68 bits per heavy atom. The summed E-state index contributed by atoms with van der Waals surface area (Å²) in [7, 11) is 3.27. The Kier molecular flexibility index (Phi) is 8.44. The van der Waals surface area contributed by atoms with Gasteiger partial charge in [0.2, 0.25) is 0 Å². The molecule has 0 bridgehead atoms. The molecular formula is C38H35F6N9O2S. The second-order valence-corrected chi connectivity index (χ2v) is 16.3. The van der Waals surface area contributed by atoms with Crippen LogP contribution in [0, 0.1) is 23.0 Å². The summed E-state index contributed by atoms with van der Waals surface area (Å²) in [5, 5.41) is 13.9. The maximum atomic E-state index is 17.4. The van der Waals surface area contributed by atoms with Crippen LogP contribution in [0.4, 0.5) is 37.2 Å². The average molecular weight is 796 g/mol. The molecule has 18 heteroatoms. The van der Waals surface area contributed by atoms with Crippen molar-refractivity contribution >= 4 is 49.1 Å². The summed E-state index contributed by atoms with van der Waals surface area (Å²) in [6, 6.07) is 4.22. The fourth-order valence-electron chi connectivity index (χ4n) is 8.83. The Morgan fingerprint density at radius 1 is 1.18 bits per heavy atom. The number of nitrogens with two attached hydrogens (primary N) is 1. The van der Waals surface area contributed by atoms with Crippen LogP contribution in [-0.2, 0) is 19.3 Å². The Morgan fingerprint density at radius 2 is 1.96 bits per heavy atom. The molecule has 2 unspecified atom stereocenters. The fraction of sp³-hybridized carbons (Fsp3) is 0.447. The number of nitrogens with zero attached hydrogens (tertiary/aromatic N) is 8. The van der Waals surface area contributed by atoms with Crippen molar-refractivity contribution < 1.29 is 35.9 Å². The number of amides is 1. The number of carbonyl (C=O) groups is 1. The Balaban J connectivity index is 1.24. The monoisotopic (exact) mass is 795 g/mol. The van der Waals surface area contributed by atoms with Crippen LogP contribution < -0.4 is 15.4 Å². The molecule has 2 atom stereocenters. The largest absolute Gasteiger partial charge is 0.461 e. The molecule has 11 nitrogen and oxygen atoms in total. The minimum absolute atomic E-state index is 0.0274. The predicted octanol–water partition coefficient (Wildman–Crippen LogP) is 7.01. The van der Waals surface area contributed by atoms with Crippen LogP contribution in [0.1, 0.15) is 70.9 Å². The molecule has 3 aliphatic heterocycles. The van der Waals surface area contributed by atoms with Crippen LogP contribution in [0.2, 0.25) is 0 Å². The Labute approximate surface area is 320 Å². The van der Waals surface area contributed by atoms with Crippen molar-refractivity contribution in [2.45, 2.75) is 69.0 Å². The summed E-state index contributed by atoms with van der Waals surface area (Å²) in [6.07, 6.45) is -2.80. The average Bonchev–Trinajstić information content (AvgIpc) is 3.50. The molecule has 9 rings (SSSR count). The number of anilines is 2. The molecule has 0 radical (unpaired) electrons. The summed E-state index contributed by atoms with van der Waals surface area (Å²) in [5.74, 6) is -2.42. The molecule has 1 aliphatic carbocycles. The zero-order valence-electron chi connectivity index (χ0n) is 30.3. The van der Waals surface area contributed by atoms with Crippen molar-refractivity contribution in [3.8, 4) is 23.2 Å². The smallest absolute Gasteiger partial charge is 0.417 e. The molecule has 3 fully saturated rings. The van der Waals surface area contributed by atoms with Gasteiger partial charge in [0.05, 0.1) is 40.1 Å². The molecule has 2 saturated heterocycles. The van der Waals surface area contributed by atoms with E-state index >= 15 is 22.0 Å². The van der Waals surface area contributed by atoms with Crippen LogP contribution in [0.15, 0.2) is 18.2 Å². The first kappa shape index (κ1) is 36.5. The van der Waals surface area contributed by atoms with E-state index in [1.54, 1.807) is 23.7 Å². The summed E-state index contributed by atoms with van der Waals surface area (Å²) in [6.45, 7) is 1.43. The number of ether oxygens (including phenoxy) is 1. The fourth-order valence-corrected chi connectivity index (χ4v) is 9.78.